The average molecular weight is 271 g/mol. The molecule has 1 unspecified atom stereocenters. The molecule has 0 bridgehead atoms. The number of hydrogen-bond acceptors (Lipinski definition) is 3. The van der Waals surface area contributed by atoms with Crippen LogP contribution in [0.25, 0.3) is 5.69 Å². The lowest BCUT2D eigenvalue weighted by Crippen LogP contribution is -2.18. The summed E-state index contributed by atoms with van der Waals surface area (Å²) in [5, 5.41) is 7.96. The summed E-state index contributed by atoms with van der Waals surface area (Å²) in [5.41, 5.74) is 1.46. The van der Waals surface area contributed by atoms with Crippen molar-refractivity contribution in [1.82, 2.24) is 15.0 Å². The number of carbonyl (C=O) groups excluding carboxylic acids is 1. The van der Waals surface area contributed by atoms with Crippen LogP contribution in [0.3, 0.4) is 0 Å². The van der Waals surface area contributed by atoms with Gasteiger partial charge in [0.15, 0.2) is 5.78 Å². The maximum absolute atomic E-state index is 12.6. The number of rotatable bonds is 7. The highest BCUT2D eigenvalue weighted by Gasteiger charge is 2.22. The van der Waals surface area contributed by atoms with Gasteiger partial charge in [0.25, 0.3) is 0 Å². The van der Waals surface area contributed by atoms with Gasteiger partial charge >= 0.3 is 0 Å². The van der Waals surface area contributed by atoms with Crippen LogP contribution < -0.4 is 0 Å². The molecule has 0 saturated carbocycles. The third-order valence-electron chi connectivity index (χ3n) is 3.57. The molecule has 0 aliphatic carbocycles. The monoisotopic (exact) mass is 271 g/mol. The fourth-order valence-electron chi connectivity index (χ4n) is 2.34. The van der Waals surface area contributed by atoms with E-state index in [4.69, 9.17) is 0 Å². The Kier molecular flexibility index (Phi) is 5.04. The fourth-order valence-corrected chi connectivity index (χ4v) is 2.34. The van der Waals surface area contributed by atoms with E-state index in [2.05, 4.69) is 24.2 Å². The molecule has 0 fully saturated rings. The molecule has 2 aromatic rings. The molecular formula is C16H21N3O. The summed E-state index contributed by atoms with van der Waals surface area (Å²) in [6, 6.07) is 9.66. The number of hydrogen-bond donors (Lipinski definition) is 0. The van der Waals surface area contributed by atoms with Gasteiger partial charge in [0, 0.05) is 5.92 Å². The Bertz CT molecular complexity index is 548. The maximum atomic E-state index is 12.6. The van der Waals surface area contributed by atoms with Crippen LogP contribution in [-0.2, 0) is 0 Å². The molecule has 2 rings (SSSR count). The molecule has 4 nitrogen and oxygen atoms in total. The second-order valence-electron chi connectivity index (χ2n) is 4.98. The van der Waals surface area contributed by atoms with Gasteiger partial charge in [0.1, 0.15) is 5.69 Å². The number of aromatic nitrogens is 3. The summed E-state index contributed by atoms with van der Waals surface area (Å²) in [6.45, 7) is 4.21. The quantitative estimate of drug-likeness (QED) is 0.722. The van der Waals surface area contributed by atoms with Gasteiger partial charge in [0.2, 0.25) is 0 Å². The minimum absolute atomic E-state index is 0.0657. The SMILES string of the molecule is CCCCC(CC)C(=O)c1cnnn1-c1ccccc1. The molecule has 0 amide bonds. The number of para-hydroxylation sites is 1. The first-order valence-electron chi connectivity index (χ1n) is 7.28. The van der Waals surface area contributed by atoms with Crippen molar-refractivity contribution in [3.05, 3.63) is 42.2 Å². The summed E-state index contributed by atoms with van der Waals surface area (Å²) >= 11 is 0. The van der Waals surface area contributed by atoms with Gasteiger partial charge in [-0.25, -0.2) is 4.68 Å². The third kappa shape index (κ3) is 3.13. The van der Waals surface area contributed by atoms with Gasteiger partial charge in [0.05, 0.1) is 11.9 Å². The van der Waals surface area contributed by atoms with Crippen molar-refractivity contribution in [3.8, 4) is 5.69 Å². The lowest BCUT2D eigenvalue weighted by molar-refractivity contribution is 0.0900. The minimum atomic E-state index is 0.0657. The van der Waals surface area contributed by atoms with Gasteiger partial charge in [-0.15, -0.1) is 5.10 Å². The Labute approximate surface area is 119 Å². The molecule has 0 N–H and O–H groups in total. The van der Waals surface area contributed by atoms with Crippen LogP contribution in [0.15, 0.2) is 36.5 Å². The van der Waals surface area contributed by atoms with E-state index >= 15 is 0 Å². The van der Waals surface area contributed by atoms with Gasteiger partial charge < -0.3 is 0 Å². The molecule has 1 heterocycles. The first-order valence-corrected chi connectivity index (χ1v) is 7.28. The summed E-state index contributed by atoms with van der Waals surface area (Å²) < 4.78 is 1.64. The molecule has 0 aliphatic heterocycles. The van der Waals surface area contributed by atoms with Crippen LogP contribution in [0.1, 0.15) is 50.0 Å². The molecule has 4 heteroatoms. The van der Waals surface area contributed by atoms with Crippen molar-refractivity contribution < 1.29 is 4.79 Å². The summed E-state index contributed by atoms with van der Waals surface area (Å²) in [5.74, 6) is 0.214. The van der Waals surface area contributed by atoms with E-state index in [9.17, 15) is 4.79 Å². The van der Waals surface area contributed by atoms with Gasteiger partial charge in [-0.1, -0.05) is 50.1 Å². The first-order chi connectivity index (χ1) is 9.77. The van der Waals surface area contributed by atoms with Gasteiger partial charge in [-0.3, -0.25) is 4.79 Å². The van der Waals surface area contributed by atoms with Crippen molar-refractivity contribution in [2.45, 2.75) is 39.5 Å². The Morgan fingerprint density at radius 1 is 1.25 bits per heavy atom. The smallest absolute Gasteiger partial charge is 0.186 e. The number of ketones is 1. The number of nitrogens with zero attached hydrogens (tertiary/aromatic N) is 3. The van der Waals surface area contributed by atoms with Crippen LogP contribution in [0.2, 0.25) is 0 Å². The molecule has 20 heavy (non-hydrogen) atoms. The van der Waals surface area contributed by atoms with Crippen LogP contribution in [0, 0.1) is 5.92 Å². The molecule has 106 valence electrons. The fraction of sp³-hybridized carbons (Fsp3) is 0.438. The highest BCUT2D eigenvalue weighted by molar-refractivity contribution is 5.96. The number of unbranched alkanes of at least 4 members (excludes halogenated alkanes) is 1. The zero-order valence-electron chi connectivity index (χ0n) is 12.1. The standard InChI is InChI=1S/C16H21N3O/c1-3-5-9-13(4-2)16(20)15-12-17-18-19(15)14-10-7-6-8-11-14/h6-8,10-13H,3-5,9H2,1-2H3. The zero-order chi connectivity index (χ0) is 14.4. The van der Waals surface area contributed by atoms with Crippen LogP contribution >= 0.6 is 0 Å². The van der Waals surface area contributed by atoms with Crippen molar-refractivity contribution in [1.29, 1.82) is 0 Å². The molecule has 0 saturated heterocycles. The Balaban J connectivity index is 2.25. The van der Waals surface area contributed by atoms with Gasteiger partial charge in [-0.2, -0.15) is 0 Å². The predicted octanol–water partition coefficient (Wildman–Crippen LogP) is 3.67. The second-order valence-corrected chi connectivity index (χ2v) is 4.98. The normalized spacial score (nSPS) is 12.3. The molecule has 1 aromatic carbocycles. The molecule has 1 atom stereocenters. The number of carbonyl (C=O) groups is 1. The van der Waals surface area contributed by atoms with Crippen molar-refractivity contribution in [3.63, 3.8) is 0 Å². The van der Waals surface area contributed by atoms with Gasteiger partial charge in [-0.05, 0) is 25.0 Å². The summed E-state index contributed by atoms with van der Waals surface area (Å²) in [4.78, 5) is 12.6. The van der Waals surface area contributed by atoms with Crippen molar-refractivity contribution >= 4 is 5.78 Å². The largest absolute Gasteiger partial charge is 0.292 e. The van der Waals surface area contributed by atoms with E-state index in [1.54, 1.807) is 10.9 Å². The predicted molar refractivity (Wildman–Crippen MR) is 79.0 cm³/mol. The average Bonchev–Trinajstić information content (AvgIpc) is 2.98. The summed E-state index contributed by atoms with van der Waals surface area (Å²) in [6.07, 6.45) is 5.56. The topological polar surface area (TPSA) is 47.8 Å². The van der Waals surface area contributed by atoms with Crippen molar-refractivity contribution in [2.24, 2.45) is 5.92 Å². The summed E-state index contributed by atoms with van der Waals surface area (Å²) in [7, 11) is 0. The lowest BCUT2D eigenvalue weighted by atomic mass is 9.93. The molecule has 0 radical (unpaired) electrons. The van der Waals surface area contributed by atoms with E-state index in [-0.39, 0.29) is 11.7 Å². The Morgan fingerprint density at radius 2 is 2.00 bits per heavy atom. The molecular weight excluding hydrogens is 250 g/mol. The highest BCUT2D eigenvalue weighted by Crippen LogP contribution is 2.19. The van der Waals surface area contributed by atoms with Crippen LogP contribution in [-0.4, -0.2) is 20.8 Å². The van der Waals surface area contributed by atoms with E-state index in [0.717, 1.165) is 31.4 Å². The van der Waals surface area contributed by atoms with E-state index in [1.165, 1.54) is 0 Å². The van der Waals surface area contributed by atoms with Crippen LogP contribution in [0.5, 0.6) is 0 Å². The number of benzene rings is 1. The van der Waals surface area contributed by atoms with Crippen molar-refractivity contribution in [2.75, 3.05) is 0 Å². The van der Waals surface area contributed by atoms with E-state index < -0.39 is 0 Å². The van der Waals surface area contributed by atoms with E-state index in [0.29, 0.717) is 5.69 Å². The minimum Gasteiger partial charge on any atom is -0.292 e. The molecule has 1 aromatic heterocycles. The third-order valence-corrected chi connectivity index (χ3v) is 3.57. The highest BCUT2D eigenvalue weighted by atomic mass is 16.1. The van der Waals surface area contributed by atoms with E-state index in [1.807, 2.05) is 30.3 Å². The first kappa shape index (κ1) is 14.4. The Hall–Kier alpha value is -1.97. The maximum Gasteiger partial charge on any atom is 0.186 e. The lowest BCUT2D eigenvalue weighted by Gasteiger charge is -2.13. The second kappa shape index (κ2) is 6.98. The Morgan fingerprint density at radius 3 is 2.65 bits per heavy atom. The molecule has 0 spiro atoms. The van der Waals surface area contributed by atoms with Crippen LogP contribution in [0.4, 0.5) is 0 Å². The molecule has 0 aliphatic rings. The zero-order valence-corrected chi connectivity index (χ0v) is 12.1. The number of Topliss-reactive ketones (excluding diaryl/α,β-unsaturated/α-hetero) is 1.